The van der Waals surface area contributed by atoms with Crippen LogP contribution in [0.25, 0.3) is 0 Å². The van der Waals surface area contributed by atoms with Crippen molar-refractivity contribution < 1.29 is 5.11 Å². The number of piperidine rings is 1. The highest BCUT2D eigenvalue weighted by Gasteiger charge is 2.21. The maximum absolute atomic E-state index is 9.29. The van der Waals surface area contributed by atoms with E-state index < -0.39 is 0 Å². The molecule has 2 heterocycles. The van der Waals surface area contributed by atoms with Crippen LogP contribution >= 0.6 is 12.4 Å². The van der Waals surface area contributed by atoms with Crippen molar-refractivity contribution in [1.82, 2.24) is 4.90 Å². The van der Waals surface area contributed by atoms with Gasteiger partial charge in [0.25, 0.3) is 0 Å². The third-order valence-electron chi connectivity index (χ3n) is 4.19. The van der Waals surface area contributed by atoms with E-state index in [0.29, 0.717) is 12.5 Å². The molecule has 0 bridgehead atoms. The maximum atomic E-state index is 9.29. The Kier molecular flexibility index (Phi) is 5.08. The second-order valence-corrected chi connectivity index (χ2v) is 5.55. The highest BCUT2D eigenvalue weighted by Crippen LogP contribution is 2.28. The number of anilines is 1. The molecular weight excluding hydrogens is 260 g/mol. The number of para-hydroxylation sites is 1. The molecule has 106 valence electrons. The summed E-state index contributed by atoms with van der Waals surface area (Å²) in [6.07, 6.45) is 3.55. The molecule has 0 aliphatic carbocycles. The summed E-state index contributed by atoms with van der Waals surface area (Å²) in [5.74, 6) is 0.475. The molecule has 0 aromatic heterocycles. The molecule has 2 aliphatic rings. The molecule has 4 heteroatoms. The van der Waals surface area contributed by atoms with Crippen LogP contribution in [-0.4, -0.2) is 36.2 Å². The number of aliphatic hydroxyl groups excluding tert-OH is 1. The fourth-order valence-electron chi connectivity index (χ4n) is 3.23. The van der Waals surface area contributed by atoms with Crippen molar-refractivity contribution in [3.05, 3.63) is 29.3 Å². The van der Waals surface area contributed by atoms with Crippen molar-refractivity contribution in [2.24, 2.45) is 5.92 Å². The summed E-state index contributed by atoms with van der Waals surface area (Å²) in [5.41, 5.74) is 4.25. The lowest BCUT2D eigenvalue weighted by Crippen LogP contribution is -2.36. The molecule has 2 N–H and O–H groups in total. The zero-order chi connectivity index (χ0) is 12.4. The van der Waals surface area contributed by atoms with Gasteiger partial charge in [0, 0.05) is 31.9 Å². The number of rotatable bonds is 3. The molecule has 1 fully saturated rings. The monoisotopic (exact) mass is 282 g/mol. The molecular formula is C15H23ClN2O. The van der Waals surface area contributed by atoms with Gasteiger partial charge in [-0.25, -0.2) is 0 Å². The van der Waals surface area contributed by atoms with Crippen LogP contribution in [0.2, 0.25) is 0 Å². The van der Waals surface area contributed by atoms with Gasteiger partial charge < -0.3 is 10.4 Å². The summed E-state index contributed by atoms with van der Waals surface area (Å²) in [4.78, 5) is 2.49. The van der Waals surface area contributed by atoms with Gasteiger partial charge in [0.15, 0.2) is 0 Å². The molecule has 3 nitrogen and oxygen atoms in total. The quantitative estimate of drug-likeness (QED) is 0.893. The molecule has 0 amide bonds. The van der Waals surface area contributed by atoms with Gasteiger partial charge >= 0.3 is 0 Å². The van der Waals surface area contributed by atoms with Crippen molar-refractivity contribution >= 4 is 18.1 Å². The van der Waals surface area contributed by atoms with Crippen molar-refractivity contribution in [2.75, 3.05) is 31.6 Å². The van der Waals surface area contributed by atoms with E-state index in [9.17, 15) is 5.11 Å². The average Bonchev–Trinajstić information content (AvgIpc) is 2.88. The van der Waals surface area contributed by atoms with Crippen LogP contribution in [0.3, 0.4) is 0 Å². The van der Waals surface area contributed by atoms with Gasteiger partial charge in [-0.2, -0.15) is 0 Å². The molecule has 1 saturated heterocycles. The Morgan fingerprint density at radius 3 is 3.11 bits per heavy atom. The summed E-state index contributed by atoms with van der Waals surface area (Å²) < 4.78 is 0. The van der Waals surface area contributed by atoms with Gasteiger partial charge in [-0.15, -0.1) is 12.4 Å². The number of halogens is 1. The van der Waals surface area contributed by atoms with Crippen molar-refractivity contribution in [1.29, 1.82) is 0 Å². The highest BCUT2D eigenvalue weighted by atomic mass is 35.5. The van der Waals surface area contributed by atoms with Crippen LogP contribution in [0.1, 0.15) is 24.0 Å². The standard InChI is InChI=1S/C15H22N2O.ClH/c18-11-12-3-2-8-17(9-12)10-14-5-1-4-13-6-7-16-15(13)14;/h1,4-5,12,16,18H,2-3,6-11H2;1H. The molecule has 1 atom stereocenters. The van der Waals surface area contributed by atoms with Gasteiger partial charge in [-0.3, -0.25) is 4.90 Å². The van der Waals surface area contributed by atoms with Crippen molar-refractivity contribution in [3.63, 3.8) is 0 Å². The van der Waals surface area contributed by atoms with Crippen LogP contribution in [0.5, 0.6) is 0 Å². The zero-order valence-electron chi connectivity index (χ0n) is 11.3. The van der Waals surface area contributed by atoms with Crippen LogP contribution in [-0.2, 0) is 13.0 Å². The number of benzene rings is 1. The minimum absolute atomic E-state index is 0. The second-order valence-electron chi connectivity index (χ2n) is 5.55. The molecule has 2 aliphatic heterocycles. The Balaban J connectivity index is 0.00000133. The van der Waals surface area contributed by atoms with Crippen LogP contribution in [0.15, 0.2) is 18.2 Å². The first-order chi connectivity index (χ1) is 8.86. The van der Waals surface area contributed by atoms with Crippen LogP contribution in [0.4, 0.5) is 5.69 Å². The van der Waals surface area contributed by atoms with E-state index in [0.717, 1.165) is 26.1 Å². The fourth-order valence-corrected chi connectivity index (χ4v) is 3.23. The van der Waals surface area contributed by atoms with Crippen molar-refractivity contribution in [3.8, 4) is 0 Å². The zero-order valence-corrected chi connectivity index (χ0v) is 12.1. The molecule has 1 aromatic carbocycles. The number of aliphatic hydroxyl groups is 1. The molecule has 0 saturated carbocycles. The minimum Gasteiger partial charge on any atom is -0.396 e. The maximum Gasteiger partial charge on any atom is 0.0471 e. The molecule has 0 radical (unpaired) electrons. The first kappa shape index (κ1) is 14.6. The van der Waals surface area contributed by atoms with Gasteiger partial charge in [0.1, 0.15) is 0 Å². The fraction of sp³-hybridized carbons (Fsp3) is 0.600. The summed E-state index contributed by atoms with van der Waals surface area (Å²) in [7, 11) is 0. The normalized spacial score (nSPS) is 22.5. The lowest BCUT2D eigenvalue weighted by molar-refractivity contribution is 0.116. The van der Waals surface area contributed by atoms with Crippen LogP contribution in [0, 0.1) is 5.92 Å². The van der Waals surface area contributed by atoms with Gasteiger partial charge in [0.2, 0.25) is 0 Å². The Morgan fingerprint density at radius 1 is 1.37 bits per heavy atom. The third kappa shape index (κ3) is 3.22. The number of nitrogens with one attached hydrogen (secondary N) is 1. The SMILES string of the molecule is Cl.OCC1CCCN(Cc2cccc3c2NCC3)C1. The first-order valence-corrected chi connectivity index (χ1v) is 7.04. The Bertz CT molecular complexity index is 425. The summed E-state index contributed by atoms with van der Waals surface area (Å²) in [6, 6.07) is 6.64. The number of hydrogen-bond acceptors (Lipinski definition) is 3. The van der Waals surface area contributed by atoms with Gasteiger partial charge in [-0.05, 0) is 42.9 Å². The summed E-state index contributed by atoms with van der Waals surface area (Å²) >= 11 is 0. The van der Waals surface area contributed by atoms with Crippen LogP contribution < -0.4 is 5.32 Å². The van der Waals surface area contributed by atoms with E-state index in [1.54, 1.807) is 0 Å². The molecule has 19 heavy (non-hydrogen) atoms. The Morgan fingerprint density at radius 2 is 2.26 bits per heavy atom. The van der Waals surface area contributed by atoms with Gasteiger partial charge in [-0.1, -0.05) is 18.2 Å². The van der Waals surface area contributed by atoms with Gasteiger partial charge in [0.05, 0.1) is 0 Å². The van der Waals surface area contributed by atoms with E-state index in [1.807, 2.05) is 0 Å². The average molecular weight is 283 g/mol. The molecule has 0 spiro atoms. The smallest absolute Gasteiger partial charge is 0.0471 e. The lowest BCUT2D eigenvalue weighted by Gasteiger charge is -2.32. The molecule has 1 unspecified atom stereocenters. The third-order valence-corrected chi connectivity index (χ3v) is 4.19. The predicted octanol–water partition coefficient (Wildman–Crippen LogP) is 2.28. The van der Waals surface area contributed by atoms with E-state index in [2.05, 4.69) is 28.4 Å². The first-order valence-electron chi connectivity index (χ1n) is 7.04. The number of fused-ring (bicyclic) bond motifs is 1. The summed E-state index contributed by atoms with van der Waals surface area (Å²) in [5, 5.41) is 12.8. The highest BCUT2D eigenvalue weighted by molar-refractivity contribution is 5.85. The minimum atomic E-state index is 0. The second kappa shape index (κ2) is 6.60. The largest absolute Gasteiger partial charge is 0.396 e. The Labute approximate surface area is 121 Å². The lowest BCUT2D eigenvalue weighted by atomic mass is 9.98. The molecule has 3 rings (SSSR count). The number of likely N-dealkylation sites (tertiary alicyclic amines) is 1. The van der Waals surface area contributed by atoms with E-state index in [-0.39, 0.29) is 12.4 Å². The van der Waals surface area contributed by atoms with E-state index in [1.165, 1.54) is 36.2 Å². The topological polar surface area (TPSA) is 35.5 Å². The molecule has 1 aromatic rings. The van der Waals surface area contributed by atoms with Crippen molar-refractivity contribution in [2.45, 2.75) is 25.8 Å². The van der Waals surface area contributed by atoms with E-state index >= 15 is 0 Å². The van der Waals surface area contributed by atoms with E-state index in [4.69, 9.17) is 0 Å². The number of hydrogen-bond donors (Lipinski definition) is 2. The number of nitrogens with zero attached hydrogens (tertiary/aromatic N) is 1. The summed E-state index contributed by atoms with van der Waals surface area (Å²) in [6.45, 7) is 4.64. The Hall–Kier alpha value is -0.770. The predicted molar refractivity (Wildman–Crippen MR) is 81.0 cm³/mol.